The molecule has 0 radical (unpaired) electrons. The van der Waals surface area contributed by atoms with Crippen LogP contribution >= 0.6 is 0 Å². The molecule has 15 heteroatoms. The molecule has 0 aromatic rings. The highest BCUT2D eigenvalue weighted by Gasteiger charge is 2.75. The summed E-state index contributed by atoms with van der Waals surface area (Å²) < 4.78 is 46.9. The number of aliphatic hydroxyl groups is 8. The summed E-state index contributed by atoms with van der Waals surface area (Å²) in [5, 5.41) is 89.6. The largest absolute Gasteiger partial charge is 0.397 e. The molecule has 0 spiro atoms. The molecule has 278 valence electrons. The molecule has 4 saturated carbocycles. The molecule has 5 rings (SSSR count). The summed E-state index contributed by atoms with van der Waals surface area (Å²) >= 11 is 0. The van der Waals surface area contributed by atoms with Crippen molar-refractivity contribution in [1.29, 1.82) is 0 Å². The zero-order valence-corrected chi connectivity index (χ0v) is 29.1. The topological polar surface area (TPSA) is 244 Å². The van der Waals surface area contributed by atoms with Crippen LogP contribution in [0.2, 0.25) is 0 Å². The summed E-state index contributed by atoms with van der Waals surface area (Å²) in [5.41, 5.74) is -3.40. The van der Waals surface area contributed by atoms with Gasteiger partial charge in [0.2, 0.25) is 0 Å². The molecule has 0 bridgehead atoms. The Labute approximate surface area is 282 Å². The fraction of sp³-hybridized carbons (Fsp3) is 0.939. The number of ether oxygens (including phenoxy) is 2. The number of allylic oxidation sites excluding steroid dienone is 2. The Balaban J connectivity index is 1.34. The van der Waals surface area contributed by atoms with Gasteiger partial charge in [0.1, 0.15) is 30.0 Å². The molecule has 1 heterocycles. The van der Waals surface area contributed by atoms with E-state index in [1.165, 1.54) is 0 Å². The van der Waals surface area contributed by atoms with E-state index in [0.717, 1.165) is 0 Å². The molecule has 4 aliphatic carbocycles. The maximum atomic E-state index is 12.7. The summed E-state index contributed by atoms with van der Waals surface area (Å²) in [6, 6.07) is 0. The van der Waals surface area contributed by atoms with Gasteiger partial charge in [0.05, 0.1) is 37.6 Å². The van der Waals surface area contributed by atoms with Crippen LogP contribution in [-0.4, -0.2) is 128 Å². The molecule has 19 atom stereocenters. The van der Waals surface area contributed by atoms with Crippen molar-refractivity contribution >= 4 is 10.4 Å². The summed E-state index contributed by atoms with van der Waals surface area (Å²) in [5.74, 6) is -3.19. The van der Waals surface area contributed by atoms with Crippen LogP contribution in [-0.2, 0) is 24.1 Å². The lowest BCUT2D eigenvalue weighted by molar-refractivity contribution is -0.321. The Kier molecular flexibility index (Phi) is 10.9. The van der Waals surface area contributed by atoms with Crippen LogP contribution in [0, 0.1) is 52.3 Å². The van der Waals surface area contributed by atoms with Gasteiger partial charge in [0, 0.05) is 5.92 Å². The van der Waals surface area contributed by atoms with Crippen LogP contribution in [0.4, 0.5) is 0 Å². The van der Waals surface area contributed by atoms with E-state index in [-0.39, 0.29) is 37.4 Å². The van der Waals surface area contributed by atoms with E-state index in [1.54, 1.807) is 6.92 Å². The predicted molar refractivity (Wildman–Crippen MR) is 169 cm³/mol. The van der Waals surface area contributed by atoms with Crippen molar-refractivity contribution < 1.29 is 67.5 Å². The number of hydrogen-bond acceptors (Lipinski definition) is 13. The Morgan fingerprint density at radius 2 is 1.52 bits per heavy atom. The Morgan fingerprint density at radius 1 is 0.875 bits per heavy atom. The number of rotatable bonds is 9. The SMILES string of the molecule is CC(COS(=O)(=O)O)[C@@H](C)C=C[C@@H](C)[C@H]1C(O)C(O)[C@@H]2[C@]1(C)CC[C@H]1[C@@]2(O)C(O)C(O)C2C[C@@H](O[C@@H]3OC[C@@H](O)[C@H](O)[C@H]3O)CC[C@@]21C. The first-order valence-corrected chi connectivity index (χ1v) is 18.6. The maximum Gasteiger partial charge on any atom is 0.397 e. The Bertz CT molecular complexity index is 1280. The van der Waals surface area contributed by atoms with Gasteiger partial charge in [0.25, 0.3) is 0 Å². The number of aliphatic hydroxyl groups excluding tert-OH is 7. The highest BCUT2D eigenvalue weighted by atomic mass is 32.3. The molecule has 0 aromatic carbocycles. The second-order valence-electron chi connectivity index (χ2n) is 16.1. The molecule has 1 saturated heterocycles. The minimum atomic E-state index is -4.57. The molecular formula is C33H56O14S. The van der Waals surface area contributed by atoms with Gasteiger partial charge < -0.3 is 50.3 Å². The molecular weight excluding hydrogens is 652 g/mol. The van der Waals surface area contributed by atoms with Crippen molar-refractivity contribution in [1.82, 2.24) is 0 Å². The average Bonchev–Trinajstić information content (AvgIpc) is 3.22. The molecule has 5 fully saturated rings. The third-order valence-corrected chi connectivity index (χ3v) is 13.8. The standard InChI is InChI=1S/C33H56O14S/c1-15(17(3)13-46-48(42,43)44)6-7-16(2)22-25(37)26(38)28-32(22,5)11-9-21-31(4)10-8-18(12-19(31)23(35)29(40)33(21,28)41)47-30-27(39)24(36)20(34)14-45-30/h6-7,15-30,34-41H,8-14H2,1-5H3,(H,42,43,44)/t15-,16+,17?,18-,19?,20+,21+,22-,23?,24-,25?,26?,27+,28+,29?,30-,31-,32+,33-/m0/s1. The Morgan fingerprint density at radius 3 is 2.17 bits per heavy atom. The fourth-order valence-corrected chi connectivity index (χ4v) is 11.0. The van der Waals surface area contributed by atoms with Crippen molar-refractivity contribution in [2.24, 2.45) is 52.3 Å². The summed E-state index contributed by atoms with van der Waals surface area (Å²) in [6.45, 7) is 9.04. The molecule has 14 nitrogen and oxygen atoms in total. The fourth-order valence-electron chi connectivity index (χ4n) is 10.6. The first-order chi connectivity index (χ1) is 22.2. The second kappa shape index (κ2) is 13.6. The van der Waals surface area contributed by atoms with E-state index in [2.05, 4.69) is 4.18 Å². The first-order valence-electron chi connectivity index (χ1n) is 17.2. The zero-order chi connectivity index (χ0) is 35.7. The number of hydrogen-bond donors (Lipinski definition) is 9. The van der Waals surface area contributed by atoms with Crippen LogP contribution in [0.1, 0.15) is 66.7 Å². The van der Waals surface area contributed by atoms with Crippen molar-refractivity contribution in [2.45, 2.75) is 127 Å². The quantitative estimate of drug-likeness (QED) is 0.0853. The van der Waals surface area contributed by atoms with Gasteiger partial charge in [0.15, 0.2) is 6.29 Å². The van der Waals surface area contributed by atoms with Crippen molar-refractivity contribution in [3.8, 4) is 0 Å². The van der Waals surface area contributed by atoms with Gasteiger partial charge >= 0.3 is 10.4 Å². The lowest BCUT2D eigenvalue weighted by Crippen LogP contribution is -2.75. The van der Waals surface area contributed by atoms with Crippen LogP contribution in [0.5, 0.6) is 0 Å². The van der Waals surface area contributed by atoms with E-state index in [9.17, 15) is 49.3 Å². The van der Waals surface area contributed by atoms with Gasteiger partial charge in [-0.15, -0.1) is 0 Å². The minimum Gasteiger partial charge on any atom is -0.390 e. The molecule has 1 aliphatic heterocycles. The lowest BCUT2D eigenvalue weighted by atomic mass is 9.41. The van der Waals surface area contributed by atoms with Gasteiger partial charge in [-0.2, -0.15) is 8.42 Å². The van der Waals surface area contributed by atoms with E-state index < -0.39 is 106 Å². The van der Waals surface area contributed by atoms with Gasteiger partial charge in [-0.25, -0.2) is 4.18 Å². The normalized spacial score (nSPS) is 51.5. The molecule has 0 aromatic heterocycles. The highest BCUT2D eigenvalue weighted by Crippen LogP contribution is 2.69. The van der Waals surface area contributed by atoms with Crippen LogP contribution in [0.3, 0.4) is 0 Å². The molecule has 48 heavy (non-hydrogen) atoms. The monoisotopic (exact) mass is 708 g/mol. The third kappa shape index (κ3) is 6.43. The highest BCUT2D eigenvalue weighted by molar-refractivity contribution is 7.80. The van der Waals surface area contributed by atoms with Crippen LogP contribution < -0.4 is 0 Å². The van der Waals surface area contributed by atoms with E-state index in [4.69, 9.17) is 14.0 Å². The maximum absolute atomic E-state index is 12.7. The van der Waals surface area contributed by atoms with E-state index >= 15 is 0 Å². The Hall–Kier alpha value is -0.790. The molecule has 6 unspecified atom stereocenters. The van der Waals surface area contributed by atoms with Crippen LogP contribution in [0.25, 0.3) is 0 Å². The first kappa shape index (κ1) is 38.4. The molecule has 9 N–H and O–H groups in total. The van der Waals surface area contributed by atoms with Gasteiger partial charge in [-0.1, -0.05) is 46.8 Å². The predicted octanol–water partition coefficient (Wildman–Crippen LogP) is -0.248. The molecule has 0 amide bonds. The summed E-state index contributed by atoms with van der Waals surface area (Å²) in [4.78, 5) is 0. The third-order valence-electron chi connectivity index (χ3n) is 13.4. The smallest absolute Gasteiger partial charge is 0.390 e. The summed E-state index contributed by atoms with van der Waals surface area (Å²) in [6.07, 6.45) is -5.35. The zero-order valence-electron chi connectivity index (χ0n) is 28.3. The number of fused-ring (bicyclic) bond motifs is 5. The minimum absolute atomic E-state index is 0.155. The second-order valence-corrected chi connectivity index (χ2v) is 17.2. The van der Waals surface area contributed by atoms with Crippen molar-refractivity contribution in [2.75, 3.05) is 13.2 Å². The molecule has 5 aliphatic rings. The summed E-state index contributed by atoms with van der Waals surface area (Å²) in [7, 11) is -4.57. The van der Waals surface area contributed by atoms with Crippen molar-refractivity contribution in [3.63, 3.8) is 0 Å². The van der Waals surface area contributed by atoms with Gasteiger partial charge in [-0.3, -0.25) is 4.55 Å². The van der Waals surface area contributed by atoms with E-state index in [0.29, 0.717) is 25.7 Å². The van der Waals surface area contributed by atoms with E-state index in [1.807, 2.05) is 39.8 Å². The average molecular weight is 709 g/mol. The van der Waals surface area contributed by atoms with Gasteiger partial charge in [-0.05, 0) is 78.4 Å². The van der Waals surface area contributed by atoms with Crippen LogP contribution in [0.15, 0.2) is 12.2 Å². The lowest BCUT2D eigenvalue weighted by Gasteiger charge is -2.67. The van der Waals surface area contributed by atoms with Crippen molar-refractivity contribution in [3.05, 3.63) is 12.2 Å².